The Kier molecular flexibility index (Phi) is 8.99. The molecule has 2 saturated heterocycles. The van der Waals surface area contributed by atoms with Crippen LogP contribution < -0.4 is 0 Å². The quantitative estimate of drug-likeness (QED) is 0.190. The first kappa shape index (κ1) is 25.8. The Morgan fingerprint density at radius 2 is 1.73 bits per heavy atom. The molecule has 0 aromatic heterocycles. The van der Waals surface area contributed by atoms with Gasteiger partial charge in [0.2, 0.25) is 0 Å². The molecule has 178 valence electrons. The molecule has 0 aromatic rings. The van der Waals surface area contributed by atoms with Gasteiger partial charge in [-0.2, -0.15) is 0 Å². The van der Waals surface area contributed by atoms with Crippen LogP contribution in [0.1, 0.15) is 33.6 Å². The molecule has 11 nitrogen and oxygen atoms in total. The van der Waals surface area contributed by atoms with E-state index in [4.69, 9.17) is 24.1 Å². The number of rotatable bonds is 10. The summed E-state index contributed by atoms with van der Waals surface area (Å²) < 4.78 is 21.6. The topological polar surface area (TPSA) is 179 Å². The monoisotopic (exact) mass is 440 g/mol. The van der Waals surface area contributed by atoms with Crippen LogP contribution >= 0.6 is 0 Å². The van der Waals surface area contributed by atoms with Crippen LogP contribution in [0.5, 0.6) is 0 Å². The lowest BCUT2D eigenvalue weighted by Crippen LogP contribution is -2.59. The highest BCUT2D eigenvalue weighted by Crippen LogP contribution is 2.28. The van der Waals surface area contributed by atoms with Gasteiger partial charge in [-0.1, -0.05) is 13.3 Å². The normalized spacial score (nSPS) is 41.2. The van der Waals surface area contributed by atoms with Crippen LogP contribution in [0.3, 0.4) is 0 Å². The third-order valence-electron chi connectivity index (χ3n) is 5.91. The van der Waals surface area contributed by atoms with Crippen molar-refractivity contribution in [1.82, 2.24) is 0 Å². The van der Waals surface area contributed by atoms with Crippen LogP contribution in [0.15, 0.2) is 0 Å². The minimum atomic E-state index is -1.85. The Balaban J connectivity index is 1.89. The van der Waals surface area contributed by atoms with E-state index in [0.29, 0.717) is 6.42 Å². The summed E-state index contributed by atoms with van der Waals surface area (Å²) in [6.45, 7) is 4.11. The molecule has 0 aliphatic carbocycles. The van der Waals surface area contributed by atoms with Gasteiger partial charge in [0.1, 0.15) is 36.1 Å². The van der Waals surface area contributed by atoms with E-state index in [1.165, 1.54) is 0 Å². The molecule has 9 atom stereocenters. The first-order chi connectivity index (χ1) is 13.9. The van der Waals surface area contributed by atoms with Gasteiger partial charge in [0.05, 0.1) is 32.0 Å². The third kappa shape index (κ3) is 5.87. The van der Waals surface area contributed by atoms with Gasteiger partial charge in [0, 0.05) is 0 Å². The molecule has 2 heterocycles. The average Bonchev–Trinajstić information content (AvgIpc) is 2.98. The van der Waals surface area contributed by atoms with Crippen molar-refractivity contribution in [2.24, 2.45) is 5.92 Å². The van der Waals surface area contributed by atoms with Crippen molar-refractivity contribution in [2.75, 3.05) is 26.4 Å². The number of aliphatic hydroxyl groups is 7. The molecule has 0 radical (unpaired) electrons. The summed E-state index contributed by atoms with van der Waals surface area (Å²) in [6.07, 6.45) is -8.45. The summed E-state index contributed by atoms with van der Waals surface area (Å²) in [5, 5.41) is 69.7. The summed E-state index contributed by atoms with van der Waals surface area (Å²) in [5.74, 6) is -0.0425. The second-order valence-corrected chi connectivity index (χ2v) is 8.65. The second-order valence-electron chi connectivity index (χ2n) is 8.65. The summed E-state index contributed by atoms with van der Waals surface area (Å²) in [5.41, 5.74) is -2.75. The van der Waals surface area contributed by atoms with Crippen molar-refractivity contribution in [2.45, 2.75) is 87.9 Å². The molecule has 0 unspecified atom stereocenters. The van der Waals surface area contributed by atoms with E-state index >= 15 is 0 Å². The highest BCUT2D eigenvalue weighted by Gasteiger charge is 2.50. The van der Waals surface area contributed by atoms with Crippen molar-refractivity contribution in [3.63, 3.8) is 0 Å². The number of hydrogen-bond acceptors (Lipinski definition) is 11. The van der Waals surface area contributed by atoms with E-state index < -0.39 is 60.9 Å². The fraction of sp³-hybridized carbons (Fsp3) is 1.00. The highest BCUT2D eigenvalue weighted by atomic mass is 16.7. The molecule has 30 heavy (non-hydrogen) atoms. The summed E-state index contributed by atoms with van der Waals surface area (Å²) in [7, 11) is 0. The van der Waals surface area contributed by atoms with E-state index in [9.17, 15) is 30.6 Å². The van der Waals surface area contributed by atoms with E-state index in [0.717, 1.165) is 6.42 Å². The number of aliphatic hydroxyl groups excluding tert-OH is 5. The third-order valence-corrected chi connectivity index (χ3v) is 5.91. The molecule has 7 N–H and O–H groups in total. The minimum Gasteiger partial charge on any atom is -0.393 e. The van der Waals surface area contributed by atoms with Gasteiger partial charge in [0.25, 0.3) is 0 Å². The molecule has 2 aliphatic rings. The molecule has 2 aliphatic heterocycles. The predicted octanol–water partition coefficient (Wildman–Crippen LogP) is -2.54. The smallest absolute Gasteiger partial charge is 0.186 e. The van der Waals surface area contributed by atoms with Crippen LogP contribution in [0.25, 0.3) is 0 Å². The van der Waals surface area contributed by atoms with Crippen molar-refractivity contribution in [1.29, 1.82) is 0 Å². The Morgan fingerprint density at radius 1 is 1.07 bits per heavy atom. The number of hydrogen-bond donors (Lipinski definition) is 7. The zero-order valence-electron chi connectivity index (χ0n) is 17.6. The van der Waals surface area contributed by atoms with E-state index in [-0.39, 0.29) is 25.7 Å². The van der Waals surface area contributed by atoms with Gasteiger partial charge in [-0.15, -0.1) is 0 Å². The predicted molar refractivity (Wildman–Crippen MR) is 101 cm³/mol. The maximum Gasteiger partial charge on any atom is 0.186 e. The first-order valence-corrected chi connectivity index (χ1v) is 10.2. The fourth-order valence-electron chi connectivity index (χ4n) is 3.70. The van der Waals surface area contributed by atoms with Gasteiger partial charge in [-0.25, -0.2) is 0 Å². The molecule has 0 spiro atoms. The maximum atomic E-state index is 10.2. The number of ether oxygens (including phenoxy) is 4. The lowest BCUT2D eigenvalue weighted by atomic mass is 9.86. The summed E-state index contributed by atoms with van der Waals surface area (Å²) >= 11 is 0. The van der Waals surface area contributed by atoms with Gasteiger partial charge < -0.3 is 54.7 Å². The SMILES string of the molecule is CC[C@@H](CCO[C@@H]1O[C@H](CO[C@H]2OC[C@](O)(CO)[C@H]2O)[C@@H](O)[C@H](O)[C@H]1O)C(C)(C)O. The molecule has 2 rings (SSSR count). The van der Waals surface area contributed by atoms with Crippen molar-refractivity contribution in [3.8, 4) is 0 Å². The molecule has 0 aromatic carbocycles. The fourth-order valence-corrected chi connectivity index (χ4v) is 3.70. The Labute approximate surface area is 175 Å². The van der Waals surface area contributed by atoms with Crippen LogP contribution in [-0.2, 0) is 18.9 Å². The Bertz CT molecular complexity index is 527. The van der Waals surface area contributed by atoms with Gasteiger partial charge >= 0.3 is 0 Å². The lowest BCUT2D eigenvalue weighted by Gasteiger charge is -2.40. The van der Waals surface area contributed by atoms with Crippen LogP contribution in [0.2, 0.25) is 0 Å². The molecule has 2 fully saturated rings. The summed E-state index contributed by atoms with van der Waals surface area (Å²) in [4.78, 5) is 0. The van der Waals surface area contributed by atoms with E-state index in [1.54, 1.807) is 13.8 Å². The van der Waals surface area contributed by atoms with Gasteiger partial charge in [0.15, 0.2) is 12.6 Å². The molecule has 11 heteroatoms. The highest BCUT2D eigenvalue weighted by molar-refractivity contribution is 4.94. The van der Waals surface area contributed by atoms with Crippen molar-refractivity contribution in [3.05, 3.63) is 0 Å². The zero-order chi connectivity index (χ0) is 22.7. The van der Waals surface area contributed by atoms with Crippen molar-refractivity contribution < 1.29 is 54.7 Å². The minimum absolute atomic E-state index is 0.0425. The van der Waals surface area contributed by atoms with Crippen LogP contribution in [0, 0.1) is 5.92 Å². The van der Waals surface area contributed by atoms with E-state index in [1.807, 2.05) is 6.92 Å². The second kappa shape index (κ2) is 10.5. The standard InChI is InChI=1S/C19H36O11/c1-4-10(18(2,3)25)5-6-27-16-14(23)13(22)12(21)11(30-16)7-28-17-15(24)19(26,8-20)9-29-17/h10-17,20-26H,4-9H2,1-3H3/t10-,11+,12+,13-,14+,15-,16+,17-,19+/m0/s1. The van der Waals surface area contributed by atoms with Crippen LogP contribution in [-0.4, -0.2) is 116 Å². The van der Waals surface area contributed by atoms with Gasteiger partial charge in [-0.05, 0) is 26.2 Å². The maximum absolute atomic E-state index is 10.2. The lowest BCUT2D eigenvalue weighted by molar-refractivity contribution is -0.310. The largest absolute Gasteiger partial charge is 0.393 e. The van der Waals surface area contributed by atoms with Gasteiger partial charge in [-0.3, -0.25) is 0 Å². The van der Waals surface area contributed by atoms with Crippen molar-refractivity contribution >= 4 is 0 Å². The Morgan fingerprint density at radius 3 is 2.27 bits per heavy atom. The van der Waals surface area contributed by atoms with Crippen LogP contribution in [0.4, 0.5) is 0 Å². The molecular weight excluding hydrogens is 404 g/mol. The zero-order valence-corrected chi connectivity index (χ0v) is 17.6. The molecule has 0 bridgehead atoms. The molecule has 0 amide bonds. The Hall–Kier alpha value is -0.440. The van der Waals surface area contributed by atoms with E-state index in [2.05, 4.69) is 0 Å². The first-order valence-electron chi connectivity index (χ1n) is 10.2. The molecule has 0 saturated carbocycles. The average molecular weight is 440 g/mol. The summed E-state index contributed by atoms with van der Waals surface area (Å²) in [6, 6.07) is 0. The molecular formula is C19H36O11.